The van der Waals surface area contributed by atoms with E-state index < -0.39 is 0 Å². The molecule has 164 valence electrons. The first-order valence-corrected chi connectivity index (χ1v) is 11.4. The zero-order valence-electron chi connectivity index (χ0n) is 18.4. The van der Waals surface area contributed by atoms with E-state index in [0.717, 1.165) is 37.2 Å². The van der Waals surface area contributed by atoms with E-state index in [2.05, 4.69) is 33.2 Å². The first kappa shape index (κ1) is 19.5. The van der Waals surface area contributed by atoms with E-state index in [4.69, 9.17) is 0 Å². The Morgan fingerprint density at radius 1 is 1.09 bits per heavy atom. The van der Waals surface area contributed by atoms with E-state index >= 15 is 0 Å². The number of likely N-dealkylation sites (N-methyl/N-ethyl adjacent to an activating group) is 1. The summed E-state index contributed by atoms with van der Waals surface area (Å²) in [6, 6.07) is 12.9. The van der Waals surface area contributed by atoms with Crippen LogP contribution in [0.15, 0.2) is 47.5 Å². The molecule has 3 aliphatic rings. The minimum Gasteiger partial charge on any atom is -0.366 e. The molecule has 2 saturated heterocycles. The fourth-order valence-electron chi connectivity index (χ4n) is 5.15. The zero-order valence-corrected chi connectivity index (χ0v) is 18.4. The van der Waals surface area contributed by atoms with Crippen molar-refractivity contribution in [3.63, 3.8) is 0 Å². The second kappa shape index (κ2) is 7.17. The van der Waals surface area contributed by atoms with Gasteiger partial charge < -0.3 is 10.2 Å². The van der Waals surface area contributed by atoms with Crippen LogP contribution >= 0.6 is 0 Å². The smallest absolute Gasteiger partial charge is 0.265 e. The topological polar surface area (TPSA) is 70.5 Å². The number of aromatic nitrogens is 2. The van der Waals surface area contributed by atoms with Gasteiger partial charge in [0.1, 0.15) is 6.33 Å². The molecule has 1 aliphatic carbocycles. The quantitative estimate of drug-likeness (QED) is 0.690. The lowest BCUT2D eigenvalue weighted by atomic mass is 10.1. The molecule has 3 fully saturated rings. The van der Waals surface area contributed by atoms with Crippen molar-refractivity contribution < 1.29 is 4.79 Å². The van der Waals surface area contributed by atoms with Crippen LogP contribution in [0.3, 0.4) is 0 Å². The summed E-state index contributed by atoms with van der Waals surface area (Å²) >= 11 is 0. The number of fused-ring (bicyclic) bond motifs is 3. The SMILES string of the molecule is Cc1ccc(C(=O)NC2CC2)cc1-n1cnc2ccc(N3C[C@@H]4C[C@H]3CN4C)cc2c1=O. The first-order chi connectivity index (χ1) is 15.5. The molecular formula is C25H27N5O2. The maximum absolute atomic E-state index is 13.5. The number of amides is 1. The van der Waals surface area contributed by atoms with Crippen LogP contribution in [0.2, 0.25) is 0 Å². The Morgan fingerprint density at radius 2 is 1.94 bits per heavy atom. The van der Waals surface area contributed by atoms with Crippen LogP contribution in [0.25, 0.3) is 16.6 Å². The van der Waals surface area contributed by atoms with Gasteiger partial charge in [-0.2, -0.15) is 0 Å². The summed E-state index contributed by atoms with van der Waals surface area (Å²) in [5, 5.41) is 3.62. The van der Waals surface area contributed by atoms with Crippen LogP contribution in [0.5, 0.6) is 0 Å². The summed E-state index contributed by atoms with van der Waals surface area (Å²) in [6.45, 7) is 4.01. The normalized spacial score (nSPS) is 22.6. The number of rotatable bonds is 4. The predicted molar refractivity (Wildman–Crippen MR) is 125 cm³/mol. The Kier molecular flexibility index (Phi) is 4.37. The van der Waals surface area contributed by atoms with Crippen LogP contribution in [0.1, 0.15) is 35.2 Å². The van der Waals surface area contributed by atoms with E-state index in [9.17, 15) is 9.59 Å². The highest BCUT2D eigenvalue weighted by Crippen LogP contribution is 2.34. The minimum atomic E-state index is -0.110. The number of anilines is 1. The van der Waals surface area contributed by atoms with Crippen molar-refractivity contribution in [2.45, 2.75) is 44.3 Å². The molecule has 0 spiro atoms. The van der Waals surface area contributed by atoms with Gasteiger partial charge in [-0.1, -0.05) is 6.07 Å². The summed E-state index contributed by atoms with van der Waals surface area (Å²) in [6.07, 6.45) is 4.83. The molecule has 6 rings (SSSR count). The third-order valence-corrected chi connectivity index (χ3v) is 7.23. The van der Waals surface area contributed by atoms with E-state index in [-0.39, 0.29) is 17.5 Å². The van der Waals surface area contributed by atoms with Crippen molar-refractivity contribution >= 4 is 22.5 Å². The first-order valence-electron chi connectivity index (χ1n) is 11.4. The van der Waals surface area contributed by atoms with Crippen LogP contribution in [-0.4, -0.2) is 58.6 Å². The van der Waals surface area contributed by atoms with Crippen molar-refractivity contribution in [1.29, 1.82) is 0 Å². The van der Waals surface area contributed by atoms with Gasteiger partial charge in [-0.25, -0.2) is 4.98 Å². The molecule has 3 heterocycles. The molecule has 2 bridgehead atoms. The van der Waals surface area contributed by atoms with Crippen LogP contribution < -0.4 is 15.8 Å². The van der Waals surface area contributed by atoms with Gasteiger partial charge in [0.15, 0.2) is 0 Å². The monoisotopic (exact) mass is 429 g/mol. The molecule has 1 saturated carbocycles. The van der Waals surface area contributed by atoms with Gasteiger partial charge in [-0.05, 0) is 69.1 Å². The molecule has 32 heavy (non-hydrogen) atoms. The Labute approximate surface area is 186 Å². The van der Waals surface area contributed by atoms with Gasteiger partial charge in [0.2, 0.25) is 0 Å². The maximum Gasteiger partial charge on any atom is 0.265 e. The number of likely N-dealkylation sites (tertiary alicyclic amines) is 1. The highest BCUT2D eigenvalue weighted by Gasteiger charge is 2.41. The summed E-state index contributed by atoms with van der Waals surface area (Å²) in [5.74, 6) is -0.0908. The second-order valence-electron chi connectivity index (χ2n) is 9.51. The third-order valence-electron chi connectivity index (χ3n) is 7.23. The second-order valence-corrected chi connectivity index (χ2v) is 9.51. The summed E-state index contributed by atoms with van der Waals surface area (Å²) in [5.41, 5.74) is 3.85. The van der Waals surface area contributed by atoms with E-state index in [0.29, 0.717) is 34.2 Å². The summed E-state index contributed by atoms with van der Waals surface area (Å²) < 4.78 is 1.57. The van der Waals surface area contributed by atoms with Crippen LogP contribution in [0, 0.1) is 6.92 Å². The molecular weight excluding hydrogens is 402 g/mol. The predicted octanol–water partition coefficient (Wildman–Crippen LogP) is 2.48. The number of hydrogen-bond acceptors (Lipinski definition) is 5. The molecule has 7 heteroatoms. The molecule has 1 N–H and O–H groups in total. The number of hydrogen-bond donors (Lipinski definition) is 1. The van der Waals surface area contributed by atoms with Crippen molar-refractivity contribution in [2.75, 3.05) is 25.0 Å². The maximum atomic E-state index is 13.5. The molecule has 2 atom stereocenters. The lowest BCUT2D eigenvalue weighted by Crippen LogP contribution is -2.44. The van der Waals surface area contributed by atoms with Gasteiger partial charge in [-0.15, -0.1) is 0 Å². The number of nitrogens with zero attached hydrogens (tertiary/aromatic N) is 4. The van der Waals surface area contributed by atoms with Crippen molar-refractivity contribution in [2.24, 2.45) is 0 Å². The van der Waals surface area contributed by atoms with Crippen LogP contribution in [-0.2, 0) is 0 Å². The van der Waals surface area contributed by atoms with E-state index in [1.54, 1.807) is 17.0 Å². The van der Waals surface area contributed by atoms with Crippen molar-refractivity contribution in [3.8, 4) is 5.69 Å². The summed E-state index contributed by atoms with van der Waals surface area (Å²) in [7, 11) is 2.19. The number of piperazine rings is 1. The Balaban J connectivity index is 1.39. The van der Waals surface area contributed by atoms with Gasteiger partial charge in [0.25, 0.3) is 11.5 Å². The molecule has 0 radical (unpaired) electrons. The van der Waals surface area contributed by atoms with Crippen molar-refractivity contribution in [1.82, 2.24) is 19.8 Å². The fraction of sp³-hybridized carbons (Fsp3) is 0.400. The highest BCUT2D eigenvalue weighted by molar-refractivity contribution is 5.95. The average molecular weight is 430 g/mol. The van der Waals surface area contributed by atoms with E-state index in [1.165, 1.54) is 6.42 Å². The number of benzene rings is 2. The molecule has 1 amide bonds. The Morgan fingerprint density at radius 3 is 2.66 bits per heavy atom. The number of nitrogens with one attached hydrogen (secondary N) is 1. The molecule has 0 unspecified atom stereocenters. The third kappa shape index (κ3) is 3.19. The Hall–Kier alpha value is -3.19. The van der Waals surface area contributed by atoms with Crippen LogP contribution in [0.4, 0.5) is 5.69 Å². The van der Waals surface area contributed by atoms with Gasteiger partial charge in [0.05, 0.1) is 16.6 Å². The van der Waals surface area contributed by atoms with Gasteiger partial charge in [0, 0.05) is 42.5 Å². The average Bonchev–Trinajstić information content (AvgIpc) is 3.40. The minimum absolute atomic E-state index is 0.0908. The van der Waals surface area contributed by atoms with Gasteiger partial charge >= 0.3 is 0 Å². The number of carbonyl (C=O) groups excluding carboxylic acids is 1. The molecule has 7 nitrogen and oxygen atoms in total. The molecule has 2 aliphatic heterocycles. The fourth-order valence-corrected chi connectivity index (χ4v) is 5.15. The lowest BCUT2D eigenvalue weighted by molar-refractivity contribution is 0.0951. The van der Waals surface area contributed by atoms with Crippen molar-refractivity contribution in [3.05, 3.63) is 64.2 Å². The standard InChI is InChI=1S/C25H27N5O2/c1-15-3-4-16(24(31)27-17-5-6-17)9-23(15)30-14-26-22-8-7-18(11-21(22)25(30)32)29-13-19-10-20(29)12-28(19)2/h3-4,7-9,11,14,17,19-20H,5-6,10,12-13H2,1-2H3,(H,27,31)/t19-,20-/m0/s1. The molecule has 1 aromatic heterocycles. The molecule has 3 aromatic rings. The number of carbonyl (C=O) groups is 1. The highest BCUT2D eigenvalue weighted by atomic mass is 16.1. The largest absolute Gasteiger partial charge is 0.366 e. The number of aryl methyl sites for hydroxylation is 1. The zero-order chi connectivity index (χ0) is 22.0. The van der Waals surface area contributed by atoms with Gasteiger partial charge in [-0.3, -0.25) is 19.1 Å². The lowest BCUT2D eigenvalue weighted by Gasteiger charge is -2.33. The Bertz CT molecular complexity index is 1290. The van der Waals surface area contributed by atoms with E-state index in [1.807, 2.05) is 31.2 Å². The summed E-state index contributed by atoms with van der Waals surface area (Å²) in [4.78, 5) is 35.5. The molecule has 2 aromatic carbocycles.